The first-order valence-corrected chi connectivity index (χ1v) is 5.33. The molecule has 0 bridgehead atoms. The van der Waals surface area contributed by atoms with Crippen LogP contribution in [-0.2, 0) is 4.79 Å². The Balaban J connectivity index is 2.31. The number of thiophene rings is 1. The summed E-state index contributed by atoms with van der Waals surface area (Å²) in [7, 11) is 0. The molecule has 15 heavy (non-hydrogen) atoms. The van der Waals surface area contributed by atoms with Gasteiger partial charge in [0.2, 0.25) is 5.91 Å². The maximum absolute atomic E-state index is 11.1. The predicted molar refractivity (Wildman–Crippen MR) is 58.5 cm³/mol. The van der Waals surface area contributed by atoms with Crippen LogP contribution in [0.4, 0.5) is 4.79 Å². The van der Waals surface area contributed by atoms with Crippen molar-refractivity contribution in [2.24, 2.45) is 5.73 Å². The zero-order chi connectivity index (χ0) is 11.3. The number of primary amides is 1. The first kappa shape index (κ1) is 11.7. The highest BCUT2D eigenvalue weighted by molar-refractivity contribution is 7.10. The van der Waals surface area contributed by atoms with Crippen molar-refractivity contribution in [3.8, 4) is 0 Å². The van der Waals surface area contributed by atoms with Gasteiger partial charge in [0, 0.05) is 10.9 Å². The van der Waals surface area contributed by atoms with Crippen LogP contribution in [0.3, 0.4) is 0 Å². The number of hydrogen-bond acceptors (Lipinski definition) is 4. The molecule has 0 saturated heterocycles. The summed E-state index contributed by atoms with van der Waals surface area (Å²) in [5.74, 6) is -0.425. The van der Waals surface area contributed by atoms with Crippen LogP contribution in [0.15, 0.2) is 17.5 Å². The van der Waals surface area contributed by atoms with E-state index in [-0.39, 0.29) is 12.6 Å². The van der Waals surface area contributed by atoms with Gasteiger partial charge in [0.15, 0.2) is 0 Å². The van der Waals surface area contributed by atoms with Crippen molar-refractivity contribution in [1.82, 2.24) is 10.6 Å². The van der Waals surface area contributed by atoms with E-state index >= 15 is 0 Å². The van der Waals surface area contributed by atoms with E-state index in [0.29, 0.717) is 0 Å². The molecule has 0 aliphatic carbocycles. The molecule has 0 fully saturated rings. The molecule has 0 aromatic carbocycles. The van der Waals surface area contributed by atoms with Crippen LogP contribution in [0.5, 0.6) is 0 Å². The lowest BCUT2D eigenvalue weighted by atomic mass is 10.3. The molecule has 1 aromatic heterocycles. The molecule has 4 N–H and O–H groups in total. The summed E-state index contributed by atoms with van der Waals surface area (Å²) in [6.45, 7) is 2.02. The molecule has 3 amide bonds. The van der Waals surface area contributed by atoms with E-state index in [2.05, 4.69) is 5.32 Å². The van der Waals surface area contributed by atoms with E-state index in [4.69, 9.17) is 5.73 Å². The van der Waals surface area contributed by atoms with Crippen molar-refractivity contribution in [3.05, 3.63) is 22.4 Å². The van der Waals surface area contributed by atoms with Gasteiger partial charge in [0.05, 0.1) is 6.54 Å². The highest BCUT2D eigenvalue weighted by Gasteiger charge is 2.08. The Hall–Kier alpha value is -1.40. The van der Waals surface area contributed by atoms with Gasteiger partial charge in [-0.3, -0.25) is 10.1 Å². The monoisotopic (exact) mass is 227 g/mol. The van der Waals surface area contributed by atoms with Crippen LogP contribution in [0.1, 0.15) is 17.8 Å². The summed E-state index contributed by atoms with van der Waals surface area (Å²) in [4.78, 5) is 22.5. The second kappa shape index (κ2) is 5.47. The van der Waals surface area contributed by atoms with Gasteiger partial charge in [-0.25, -0.2) is 4.79 Å². The van der Waals surface area contributed by atoms with E-state index < -0.39 is 11.9 Å². The van der Waals surface area contributed by atoms with Crippen molar-refractivity contribution in [2.45, 2.75) is 13.0 Å². The van der Waals surface area contributed by atoms with Gasteiger partial charge < -0.3 is 11.1 Å². The van der Waals surface area contributed by atoms with E-state index in [9.17, 15) is 9.59 Å². The number of carbonyl (C=O) groups excluding carboxylic acids is 2. The minimum Gasteiger partial charge on any atom is -0.351 e. The molecule has 1 rings (SSSR count). The number of nitrogens with one attached hydrogen (secondary N) is 2. The quantitative estimate of drug-likeness (QED) is 0.704. The summed E-state index contributed by atoms with van der Waals surface area (Å²) < 4.78 is 0. The third kappa shape index (κ3) is 4.09. The van der Waals surface area contributed by atoms with Gasteiger partial charge in [-0.1, -0.05) is 6.07 Å². The minimum atomic E-state index is -0.828. The fourth-order valence-corrected chi connectivity index (χ4v) is 1.82. The lowest BCUT2D eigenvalue weighted by Crippen LogP contribution is -2.41. The molecular weight excluding hydrogens is 214 g/mol. The third-order valence-corrected chi connectivity index (χ3v) is 2.86. The second-order valence-electron chi connectivity index (χ2n) is 3.03. The minimum absolute atomic E-state index is 0.0714. The van der Waals surface area contributed by atoms with Crippen LogP contribution < -0.4 is 16.4 Å². The van der Waals surface area contributed by atoms with Gasteiger partial charge in [-0.2, -0.15) is 0 Å². The predicted octanol–water partition coefficient (Wildman–Crippen LogP) is 0.594. The number of amides is 3. The fraction of sp³-hybridized carbons (Fsp3) is 0.333. The summed E-state index contributed by atoms with van der Waals surface area (Å²) in [5, 5.41) is 6.93. The Morgan fingerprint density at radius 1 is 1.60 bits per heavy atom. The van der Waals surface area contributed by atoms with E-state index in [1.54, 1.807) is 11.3 Å². The average Bonchev–Trinajstić information content (AvgIpc) is 2.65. The van der Waals surface area contributed by atoms with E-state index in [1.807, 2.05) is 29.8 Å². The van der Waals surface area contributed by atoms with Gasteiger partial charge >= 0.3 is 6.03 Å². The highest BCUT2D eigenvalue weighted by atomic mass is 32.1. The summed E-state index contributed by atoms with van der Waals surface area (Å²) in [6.07, 6.45) is 0. The van der Waals surface area contributed by atoms with Crippen molar-refractivity contribution in [1.29, 1.82) is 0 Å². The Morgan fingerprint density at radius 3 is 2.87 bits per heavy atom. The zero-order valence-electron chi connectivity index (χ0n) is 8.32. The molecule has 82 valence electrons. The van der Waals surface area contributed by atoms with Gasteiger partial charge in [-0.15, -0.1) is 11.3 Å². The van der Waals surface area contributed by atoms with Crippen molar-refractivity contribution < 1.29 is 9.59 Å². The maximum atomic E-state index is 11.1. The zero-order valence-corrected chi connectivity index (χ0v) is 9.14. The average molecular weight is 227 g/mol. The second-order valence-corrected chi connectivity index (χ2v) is 4.01. The van der Waals surface area contributed by atoms with Crippen molar-refractivity contribution in [2.75, 3.05) is 6.54 Å². The van der Waals surface area contributed by atoms with Crippen LogP contribution >= 0.6 is 11.3 Å². The maximum Gasteiger partial charge on any atom is 0.318 e. The molecule has 5 nitrogen and oxygen atoms in total. The first-order valence-electron chi connectivity index (χ1n) is 4.45. The van der Waals surface area contributed by atoms with Gasteiger partial charge in [-0.05, 0) is 18.4 Å². The molecule has 0 aliphatic rings. The molecule has 1 heterocycles. The molecule has 0 radical (unpaired) electrons. The lowest BCUT2D eigenvalue weighted by molar-refractivity contribution is -0.119. The van der Waals surface area contributed by atoms with Crippen LogP contribution in [0.25, 0.3) is 0 Å². The van der Waals surface area contributed by atoms with Crippen molar-refractivity contribution >= 4 is 23.3 Å². The topological polar surface area (TPSA) is 84.2 Å². The van der Waals surface area contributed by atoms with Crippen molar-refractivity contribution in [3.63, 3.8) is 0 Å². The number of carbonyl (C=O) groups is 2. The first-order chi connectivity index (χ1) is 7.09. The fourth-order valence-electron chi connectivity index (χ4n) is 1.07. The highest BCUT2D eigenvalue weighted by Crippen LogP contribution is 2.17. The van der Waals surface area contributed by atoms with E-state index in [0.717, 1.165) is 4.88 Å². The molecular formula is C9H13N3O2S. The van der Waals surface area contributed by atoms with Crippen LogP contribution in [-0.4, -0.2) is 18.5 Å². The molecule has 6 heteroatoms. The molecule has 0 spiro atoms. The molecule has 1 aromatic rings. The summed E-state index contributed by atoms with van der Waals surface area (Å²) >= 11 is 1.61. The number of imide groups is 1. The Kier molecular flexibility index (Phi) is 4.26. The van der Waals surface area contributed by atoms with E-state index in [1.165, 1.54) is 0 Å². The smallest absolute Gasteiger partial charge is 0.318 e. The summed E-state index contributed by atoms with van der Waals surface area (Å²) in [6, 6.07) is 3.19. The molecule has 0 unspecified atom stereocenters. The van der Waals surface area contributed by atoms with Crippen LogP contribution in [0.2, 0.25) is 0 Å². The largest absolute Gasteiger partial charge is 0.351 e. The third-order valence-electron chi connectivity index (χ3n) is 1.80. The lowest BCUT2D eigenvalue weighted by Gasteiger charge is -2.10. The molecule has 0 saturated carbocycles. The number of rotatable bonds is 4. The Bertz CT molecular complexity index is 337. The standard InChI is InChI=1S/C9H13N3O2S/c1-6(7-3-2-4-15-7)11-5-8(13)12-9(10)14/h2-4,6,11H,5H2,1H3,(H3,10,12,13,14)/t6-/m0/s1. The number of urea groups is 1. The van der Waals surface area contributed by atoms with Crippen LogP contribution in [0, 0.1) is 0 Å². The molecule has 1 atom stereocenters. The Morgan fingerprint density at radius 2 is 2.33 bits per heavy atom. The van der Waals surface area contributed by atoms with Gasteiger partial charge in [0.1, 0.15) is 0 Å². The Labute approximate surface area is 91.7 Å². The molecule has 0 aliphatic heterocycles. The SMILES string of the molecule is C[C@H](NCC(=O)NC(N)=O)c1cccs1. The van der Waals surface area contributed by atoms with Gasteiger partial charge in [0.25, 0.3) is 0 Å². The summed E-state index contributed by atoms with van der Waals surface area (Å²) in [5.41, 5.74) is 4.80. The normalized spacial score (nSPS) is 12.1. The number of hydrogen-bond donors (Lipinski definition) is 3. The number of nitrogens with two attached hydrogens (primary N) is 1.